The summed E-state index contributed by atoms with van der Waals surface area (Å²) in [6.45, 7) is 4.19. The molecule has 144 valence electrons. The highest BCUT2D eigenvalue weighted by atomic mass is 19.1. The SMILES string of the molecule is COc1cc(NCc2ccc(N3CCN(C)CC3)nc2)c([N+](=O)[O-])cc1F. The molecule has 0 spiro atoms. The number of halogens is 1. The van der Waals surface area contributed by atoms with Crippen LogP contribution in [0.4, 0.5) is 21.6 Å². The van der Waals surface area contributed by atoms with Gasteiger partial charge < -0.3 is 19.9 Å². The van der Waals surface area contributed by atoms with Crippen LogP contribution in [0.3, 0.4) is 0 Å². The van der Waals surface area contributed by atoms with Gasteiger partial charge in [-0.1, -0.05) is 6.07 Å². The molecule has 0 unspecified atom stereocenters. The second-order valence-corrected chi connectivity index (χ2v) is 6.43. The molecular weight excluding hydrogens is 353 g/mol. The lowest BCUT2D eigenvalue weighted by atomic mass is 10.2. The number of nitro groups is 1. The van der Waals surface area contributed by atoms with Crippen LogP contribution in [-0.4, -0.2) is 55.1 Å². The van der Waals surface area contributed by atoms with E-state index in [0.717, 1.165) is 43.6 Å². The number of hydrogen-bond donors (Lipinski definition) is 1. The number of rotatable bonds is 6. The van der Waals surface area contributed by atoms with Crippen molar-refractivity contribution >= 4 is 17.2 Å². The fourth-order valence-electron chi connectivity index (χ4n) is 2.93. The van der Waals surface area contributed by atoms with Crippen molar-refractivity contribution in [3.63, 3.8) is 0 Å². The van der Waals surface area contributed by atoms with Crippen molar-refractivity contribution in [3.05, 3.63) is 52.0 Å². The highest BCUT2D eigenvalue weighted by Gasteiger charge is 2.19. The van der Waals surface area contributed by atoms with Crippen LogP contribution in [-0.2, 0) is 6.54 Å². The van der Waals surface area contributed by atoms with Crippen LogP contribution in [0.15, 0.2) is 30.5 Å². The third-order valence-corrected chi connectivity index (χ3v) is 4.59. The Hall–Kier alpha value is -2.94. The van der Waals surface area contributed by atoms with Gasteiger partial charge in [0.1, 0.15) is 11.5 Å². The predicted octanol–water partition coefficient (Wildman–Crippen LogP) is 2.50. The molecule has 9 heteroatoms. The van der Waals surface area contributed by atoms with Gasteiger partial charge in [-0.05, 0) is 18.7 Å². The number of piperazine rings is 1. The molecule has 2 heterocycles. The largest absolute Gasteiger partial charge is 0.494 e. The molecule has 3 rings (SSSR count). The number of nitro benzene ring substituents is 1. The molecule has 1 aromatic heterocycles. The van der Waals surface area contributed by atoms with Crippen molar-refractivity contribution in [2.75, 3.05) is 50.6 Å². The van der Waals surface area contributed by atoms with Gasteiger partial charge in [0, 0.05) is 45.0 Å². The minimum absolute atomic E-state index is 0.0494. The van der Waals surface area contributed by atoms with E-state index in [9.17, 15) is 14.5 Å². The predicted molar refractivity (Wildman–Crippen MR) is 101 cm³/mol. The zero-order valence-electron chi connectivity index (χ0n) is 15.3. The van der Waals surface area contributed by atoms with Crippen molar-refractivity contribution in [2.24, 2.45) is 0 Å². The summed E-state index contributed by atoms with van der Waals surface area (Å²) < 4.78 is 18.6. The second kappa shape index (κ2) is 8.17. The summed E-state index contributed by atoms with van der Waals surface area (Å²) in [6.07, 6.45) is 1.74. The van der Waals surface area contributed by atoms with E-state index in [0.29, 0.717) is 6.54 Å². The summed E-state index contributed by atoms with van der Waals surface area (Å²) in [5.41, 5.74) is 0.724. The molecule has 0 bridgehead atoms. The summed E-state index contributed by atoms with van der Waals surface area (Å²) in [5.74, 6) is 0.0980. The average molecular weight is 375 g/mol. The molecular formula is C18H22FN5O3. The van der Waals surface area contributed by atoms with Crippen molar-refractivity contribution in [3.8, 4) is 5.75 Å². The first-order valence-electron chi connectivity index (χ1n) is 8.62. The van der Waals surface area contributed by atoms with Gasteiger partial charge in [0.15, 0.2) is 11.6 Å². The second-order valence-electron chi connectivity index (χ2n) is 6.43. The first-order valence-corrected chi connectivity index (χ1v) is 8.62. The van der Waals surface area contributed by atoms with Gasteiger partial charge in [-0.3, -0.25) is 10.1 Å². The number of methoxy groups -OCH3 is 1. The number of pyridine rings is 1. The van der Waals surface area contributed by atoms with Gasteiger partial charge in [0.05, 0.1) is 18.1 Å². The fourth-order valence-corrected chi connectivity index (χ4v) is 2.93. The third kappa shape index (κ3) is 4.43. The highest BCUT2D eigenvalue weighted by molar-refractivity contribution is 5.64. The smallest absolute Gasteiger partial charge is 0.295 e. The van der Waals surface area contributed by atoms with E-state index < -0.39 is 10.7 Å². The lowest BCUT2D eigenvalue weighted by Crippen LogP contribution is -2.44. The van der Waals surface area contributed by atoms with Crippen molar-refractivity contribution in [1.82, 2.24) is 9.88 Å². The van der Waals surface area contributed by atoms with Crippen molar-refractivity contribution < 1.29 is 14.1 Å². The van der Waals surface area contributed by atoms with E-state index in [1.807, 2.05) is 12.1 Å². The van der Waals surface area contributed by atoms with Crippen LogP contribution >= 0.6 is 0 Å². The quantitative estimate of drug-likeness (QED) is 0.613. The normalized spacial score (nSPS) is 14.9. The molecule has 1 aliphatic heterocycles. The lowest BCUT2D eigenvalue weighted by molar-refractivity contribution is -0.384. The Morgan fingerprint density at radius 1 is 1.30 bits per heavy atom. The van der Waals surface area contributed by atoms with Gasteiger partial charge in [-0.25, -0.2) is 9.37 Å². The first kappa shape index (κ1) is 18.8. The molecule has 1 aliphatic rings. The van der Waals surface area contributed by atoms with E-state index in [1.165, 1.54) is 13.2 Å². The molecule has 1 N–H and O–H groups in total. The van der Waals surface area contributed by atoms with Crippen LogP contribution in [0.1, 0.15) is 5.56 Å². The van der Waals surface area contributed by atoms with Crippen LogP contribution in [0.5, 0.6) is 5.75 Å². The molecule has 1 saturated heterocycles. The number of nitrogens with zero attached hydrogens (tertiary/aromatic N) is 4. The van der Waals surface area contributed by atoms with E-state index in [4.69, 9.17) is 4.74 Å². The third-order valence-electron chi connectivity index (χ3n) is 4.59. The zero-order valence-corrected chi connectivity index (χ0v) is 15.3. The average Bonchev–Trinajstić information content (AvgIpc) is 2.67. The summed E-state index contributed by atoms with van der Waals surface area (Å²) in [5, 5.41) is 14.1. The molecule has 0 amide bonds. The Labute approximate surface area is 156 Å². The maximum absolute atomic E-state index is 13.7. The standard InChI is InChI=1S/C18H22FN5O3/c1-22-5-7-23(8-6-22)18-4-3-13(12-21-18)11-20-15-10-17(27-2)14(19)9-16(15)24(25)26/h3-4,9-10,12,20H,5-8,11H2,1-2H3. The molecule has 0 atom stereocenters. The Morgan fingerprint density at radius 2 is 2.04 bits per heavy atom. The number of nitrogens with one attached hydrogen (secondary N) is 1. The fraction of sp³-hybridized carbons (Fsp3) is 0.389. The topological polar surface area (TPSA) is 83.8 Å². The summed E-state index contributed by atoms with van der Waals surface area (Å²) in [4.78, 5) is 19.5. The molecule has 0 radical (unpaired) electrons. The number of anilines is 2. The lowest BCUT2D eigenvalue weighted by Gasteiger charge is -2.33. The monoisotopic (exact) mass is 375 g/mol. The van der Waals surface area contributed by atoms with Crippen LogP contribution in [0, 0.1) is 15.9 Å². The molecule has 1 aromatic carbocycles. The minimum Gasteiger partial charge on any atom is -0.494 e. The Kier molecular flexibility index (Phi) is 5.70. The maximum Gasteiger partial charge on any atom is 0.295 e. The minimum atomic E-state index is -0.770. The molecule has 0 saturated carbocycles. The summed E-state index contributed by atoms with van der Waals surface area (Å²) in [7, 11) is 3.41. The molecule has 0 aliphatic carbocycles. The summed E-state index contributed by atoms with van der Waals surface area (Å²) >= 11 is 0. The van der Waals surface area contributed by atoms with E-state index in [2.05, 4.69) is 27.1 Å². The number of hydrogen-bond acceptors (Lipinski definition) is 7. The van der Waals surface area contributed by atoms with Crippen LogP contribution < -0.4 is 15.0 Å². The van der Waals surface area contributed by atoms with Gasteiger partial charge in [-0.2, -0.15) is 0 Å². The van der Waals surface area contributed by atoms with Gasteiger partial charge >= 0.3 is 0 Å². The van der Waals surface area contributed by atoms with Gasteiger partial charge in [0.2, 0.25) is 0 Å². The van der Waals surface area contributed by atoms with E-state index in [1.54, 1.807) is 6.20 Å². The maximum atomic E-state index is 13.7. The van der Waals surface area contributed by atoms with Crippen LogP contribution in [0.2, 0.25) is 0 Å². The first-order chi connectivity index (χ1) is 13.0. The number of ether oxygens (including phenoxy) is 1. The number of likely N-dealkylation sites (N-methyl/N-ethyl adjacent to an activating group) is 1. The van der Waals surface area contributed by atoms with Crippen molar-refractivity contribution in [1.29, 1.82) is 0 Å². The van der Waals surface area contributed by atoms with Gasteiger partial charge in [-0.15, -0.1) is 0 Å². The summed E-state index contributed by atoms with van der Waals surface area (Å²) in [6, 6.07) is 6.03. The van der Waals surface area contributed by atoms with Crippen molar-refractivity contribution in [2.45, 2.75) is 6.54 Å². The molecule has 8 nitrogen and oxygen atoms in total. The zero-order chi connectivity index (χ0) is 19.4. The molecule has 27 heavy (non-hydrogen) atoms. The Bertz CT molecular complexity index is 807. The number of benzene rings is 1. The van der Waals surface area contributed by atoms with E-state index >= 15 is 0 Å². The molecule has 1 fully saturated rings. The van der Waals surface area contributed by atoms with Crippen LogP contribution in [0.25, 0.3) is 0 Å². The number of aromatic nitrogens is 1. The molecule has 2 aromatic rings. The van der Waals surface area contributed by atoms with E-state index in [-0.39, 0.29) is 17.1 Å². The Morgan fingerprint density at radius 3 is 2.63 bits per heavy atom. The van der Waals surface area contributed by atoms with Gasteiger partial charge in [0.25, 0.3) is 5.69 Å². The highest BCUT2D eigenvalue weighted by Crippen LogP contribution is 2.32. The Balaban J connectivity index is 1.69.